The average molecular weight is 578 g/mol. The molecule has 0 radical (unpaired) electrons. The summed E-state index contributed by atoms with van der Waals surface area (Å²) in [5, 5.41) is 3.89. The second kappa shape index (κ2) is 17.2. The van der Waals surface area contributed by atoms with Gasteiger partial charge >= 0.3 is 57.4 Å². The van der Waals surface area contributed by atoms with Crippen molar-refractivity contribution in [2.24, 2.45) is 5.41 Å². The summed E-state index contributed by atoms with van der Waals surface area (Å²) in [7, 11) is 1.67. The van der Waals surface area contributed by atoms with Crippen LogP contribution in [0.3, 0.4) is 0 Å². The second-order valence-corrected chi connectivity index (χ2v) is 10.6. The average Bonchev–Trinajstić information content (AvgIpc) is 2.61. The van der Waals surface area contributed by atoms with Crippen LogP contribution in [0.25, 0.3) is 5.32 Å². The molecule has 0 fully saturated rings. The Bertz CT molecular complexity index is 727. The van der Waals surface area contributed by atoms with Crippen molar-refractivity contribution >= 4 is 33.5 Å². The van der Waals surface area contributed by atoms with Gasteiger partial charge in [-0.3, -0.25) is 4.79 Å². The van der Waals surface area contributed by atoms with Crippen LogP contribution < -0.4 is 56.1 Å². The molecule has 0 aliphatic heterocycles. The van der Waals surface area contributed by atoms with Crippen molar-refractivity contribution in [3.05, 3.63) is 26.3 Å². The van der Waals surface area contributed by atoms with Gasteiger partial charge in [0.25, 0.3) is 0 Å². The molecule has 0 saturated heterocycles. The summed E-state index contributed by atoms with van der Waals surface area (Å²) in [5.41, 5.74) is 0.504. The van der Waals surface area contributed by atoms with E-state index in [1.807, 2.05) is 27.7 Å². The van der Waals surface area contributed by atoms with Gasteiger partial charge in [-0.2, -0.15) is 12.0 Å². The van der Waals surface area contributed by atoms with Crippen LogP contribution in [0, 0.1) is 11.2 Å². The zero-order valence-electron chi connectivity index (χ0n) is 22.1. The van der Waals surface area contributed by atoms with Gasteiger partial charge in [-0.25, -0.2) is 4.39 Å². The van der Waals surface area contributed by atoms with Crippen molar-refractivity contribution in [1.82, 2.24) is 4.98 Å². The molecule has 0 saturated carbocycles. The van der Waals surface area contributed by atoms with Crippen molar-refractivity contribution in [3.8, 4) is 5.88 Å². The summed E-state index contributed by atoms with van der Waals surface area (Å²) in [5.74, 6) is -0.434. The Labute approximate surface area is 256 Å². The molecule has 0 bridgehead atoms. The topological polar surface area (TPSA) is 62.5 Å². The molecule has 1 aromatic rings. The number of carbonyl (C=O) groups is 1. The number of hydrogen-bond donors (Lipinski definition) is 0. The Morgan fingerprint density at radius 2 is 1.73 bits per heavy atom. The minimum absolute atomic E-state index is 0. The maximum atomic E-state index is 14.0. The molecule has 1 aromatic heterocycles. The monoisotopic (exact) mass is 576 g/mol. The van der Waals surface area contributed by atoms with E-state index in [1.54, 1.807) is 7.05 Å². The van der Waals surface area contributed by atoms with Crippen LogP contribution in [0.4, 0.5) is 4.39 Å². The van der Waals surface area contributed by atoms with Crippen LogP contribution in [-0.4, -0.2) is 29.7 Å². The third-order valence-corrected chi connectivity index (χ3v) is 5.74. The fourth-order valence-corrected chi connectivity index (χ4v) is 4.58. The first kappa shape index (κ1) is 35.9. The Morgan fingerprint density at radius 3 is 2.09 bits per heavy atom. The first-order valence-electron chi connectivity index (χ1n) is 11.1. The first-order valence-corrected chi connectivity index (χ1v) is 12.3. The van der Waals surface area contributed by atoms with Crippen LogP contribution in [0.2, 0.25) is 5.15 Å². The summed E-state index contributed by atoms with van der Waals surface area (Å²) in [6.07, 6.45) is 5.50. The molecular formula is C24H40BrClFKN2O3. The molecule has 0 aliphatic rings. The molecule has 9 heteroatoms. The van der Waals surface area contributed by atoms with E-state index in [1.165, 1.54) is 6.92 Å². The smallest absolute Gasteiger partial charge is 0.661 e. The molecule has 1 heterocycles. The van der Waals surface area contributed by atoms with Crippen molar-refractivity contribution in [3.63, 3.8) is 0 Å². The number of rotatable bonds is 10. The normalized spacial score (nSPS) is 12.2. The number of ether oxygens (including phenoxy) is 2. The van der Waals surface area contributed by atoms with Gasteiger partial charge in [-0.1, -0.05) is 45.2 Å². The predicted molar refractivity (Wildman–Crippen MR) is 134 cm³/mol. The van der Waals surface area contributed by atoms with Crippen LogP contribution in [-0.2, 0) is 16.1 Å². The zero-order chi connectivity index (χ0) is 25.1. The molecule has 186 valence electrons. The number of aromatic nitrogens is 1. The second-order valence-electron chi connectivity index (χ2n) is 9.44. The van der Waals surface area contributed by atoms with Crippen molar-refractivity contribution in [2.45, 2.75) is 106 Å². The summed E-state index contributed by atoms with van der Waals surface area (Å²) < 4.78 is 25.1. The molecule has 5 nitrogen and oxygen atoms in total. The van der Waals surface area contributed by atoms with Crippen LogP contribution >= 0.6 is 27.5 Å². The fourth-order valence-electron chi connectivity index (χ4n) is 3.81. The summed E-state index contributed by atoms with van der Waals surface area (Å²) in [6, 6.07) is 0. The number of pyridine rings is 1. The molecule has 0 N–H and O–H groups in total. The maximum absolute atomic E-state index is 14.0. The van der Waals surface area contributed by atoms with Gasteiger partial charge in [0, 0.05) is 12.5 Å². The van der Waals surface area contributed by atoms with Gasteiger partial charge < -0.3 is 14.8 Å². The van der Waals surface area contributed by atoms with E-state index in [0.29, 0.717) is 18.0 Å². The van der Waals surface area contributed by atoms with E-state index in [4.69, 9.17) is 21.1 Å². The number of halogens is 3. The van der Waals surface area contributed by atoms with E-state index in [-0.39, 0.29) is 84.1 Å². The molecule has 0 aromatic carbocycles. The minimum atomic E-state index is -0.572. The Balaban J connectivity index is 0. The fraction of sp³-hybridized carbons (Fsp3) is 0.750. The van der Waals surface area contributed by atoms with Gasteiger partial charge in [-0.15, -0.1) is 6.54 Å². The molecule has 0 amide bonds. The molecule has 0 spiro atoms. The molecule has 0 aliphatic carbocycles. The number of hydrogen-bond acceptors (Lipinski definition) is 4. The van der Waals surface area contributed by atoms with Gasteiger partial charge in [0.05, 0.1) is 10.6 Å². The summed E-state index contributed by atoms with van der Waals surface area (Å²) >= 11 is 9.13. The predicted octanol–water partition coefficient (Wildman–Crippen LogP) is 5.26. The van der Waals surface area contributed by atoms with Crippen LogP contribution in [0.15, 0.2) is 4.47 Å². The molecule has 1 unspecified atom stereocenters. The quantitative estimate of drug-likeness (QED) is 0.216. The summed E-state index contributed by atoms with van der Waals surface area (Å²) in [4.78, 5) is 14.3. The minimum Gasteiger partial charge on any atom is -0.661 e. The van der Waals surface area contributed by atoms with Gasteiger partial charge in [0.2, 0.25) is 5.88 Å². The van der Waals surface area contributed by atoms with E-state index >= 15 is 0 Å². The van der Waals surface area contributed by atoms with Gasteiger partial charge in [0.1, 0.15) is 5.60 Å². The SMILES string of the molecule is CC(=O)OC(C)(C)C.CCCC(C)(CCC)CC(C)Oc1nc(Cl)c(F)c(Br)c1C[N-]C.[K+]. The van der Waals surface area contributed by atoms with Crippen molar-refractivity contribution in [1.29, 1.82) is 0 Å². The van der Waals surface area contributed by atoms with E-state index in [0.717, 1.165) is 32.1 Å². The Hall–Kier alpha value is 0.716. The maximum Gasteiger partial charge on any atom is 1.00 e. The largest absolute Gasteiger partial charge is 1.00 e. The van der Waals surface area contributed by atoms with E-state index in [9.17, 15) is 9.18 Å². The number of esters is 1. The number of carbonyl (C=O) groups excluding carboxylic acids is 1. The number of nitrogens with zero attached hydrogens (tertiary/aromatic N) is 2. The zero-order valence-corrected chi connectivity index (χ0v) is 27.5. The molecule has 1 rings (SSSR count). The molecule has 1 atom stereocenters. The molecule has 33 heavy (non-hydrogen) atoms. The van der Waals surface area contributed by atoms with E-state index < -0.39 is 5.82 Å². The Kier molecular flexibility index (Phi) is 18.7. The van der Waals surface area contributed by atoms with Crippen LogP contribution in [0.1, 0.15) is 93.1 Å². The first-order chi connectivity index (χ1) is 14.7. The Morgan fingerprint density at radius 1 is 1.21 bits per heavy atom. The van der Waals surface area contributed by atoms with Gasteiger partial charge in [0.15, 0.2) is 11.0 Å². The van der Waals surface area contributed by atoms with Gasteiger partial charge in [-0.05, 0) is 68.3 Å². The third-order valence-electron chi connectivity index (χ3n) is 4.66. The van der Waals surface area contributed by atoms with Crippen molar-refractivity contribution in [2.75, 3.05) is 7.05 Å². The molecular weight excluding hydrogens is 538 g/mol. The third kappa shape index (κ3) is 14.8. The standard InChI is InChI=1S/C18H28BrClFN2O.C6H12O2.K/c1-6-8-18(4,9-7-2)10-12(3)24-17-13(11-22-5)14(19)15(21)16(20)23-17;1-5(7)8-6(2,3)4;/h12H,6-11H2,1-5H3;1-4H3;/q-1;;+1. The van der Waals surface area contributed by atoms with Crippen LogP contribution in [0.5, 0.6) is 5.88 Å². The summed E-state index contributed by atoms with van der Waals surface area (Å²) in [6.45, 7) is 16.0. The van der Waals surface area contributed by atoms with E-state index in [2.05, 4.69) is 47.0 Å². The van der Waals surface area contributed by atoms with Crippen molar-refractivity contribution < 1.29 is 70.0 Å².